The Balaban J connectivity index is 2.19. The van der Waals surface area contributed by atoms with Gasteiger partial charge in [-0.1, -0.05) is 20.3 Å². The molecule has 0 saturated heterocycles. The molecule has 0 aliphatic rings. The second-order valence-electron chi connectivity index (χ2n) is 4.81. The fourth-order valence-electron chi connectivity index (χ4n) is 1.86. The molecule has 1 atom stereocenters. The summed E-state index contributed by atoms with van der Waals surface area (Å²) in [5.74, 6) is 1.80. The molecule has 0 bridgehead atoms. The van der Waals surface area contributed by atoms with Crippen LogP contribution in [-0.4, -0.2) is 25.8 Å². The molecule has 0 fully saturated rings. The molecule has 0 heterocycles. The highest BCUT2D eigenvalue weighted by atomic mass is 16.5. The number of hydrogen-bond donors (Lipinski definition) is 1. The Kier molecular flexibility index (Phi) is 8.07. The van der Waals surface area contributed by atoms with Crippen molar-refractivity contribution in [2.45, 2.75) is 46.1 Å². The number of rotatable bonds is 10. The van der Waals surface area contributed by atoms with Gasteiger partial charge in [0.25, 0.3) is 0 Å². The maximum Gasteiger partial charge on any atom is 0.119 e. The fourth-order valence-corrected chi connectivity index (χ4v) is 1.86. The Labute approximate surface area is 117 Å². The molecule has 108 valence electrons. The third kappa shape index (κ3) is 7.06. The zero-order valence-electron chi connectivity index (χ0n) is 12.4. The van der Waals surface area contributed by atoms with Gasteiger partial charge in [-0.15, -0.1) is 0 Å². The van der Waals surface area contributed by atoms with E-state index in [1.54, 1.807) is 0 Å². The summed E-state index contributed by atoms with van der Waals surface area (Å²) in [5, 5.41) is 3.44. The summed E-state index contributed by atoms with van der Waals surface area (Å²) >= 11 is 0. The third-order valence-corrected chi connectivity index (χ3v) is 2.88. The first-order chi connectivity index (χ1) is 9.26. The number of hydrogen-bond acceptors (Lipinski definition) is 3. The lowest BCUT2D eigenvalue weighted by Crippen LogP contribution is -2.29. The van der Waals surface area contributed by atoms with Crippen LogP contribution in [0.15, 0.2) is 24.3 Å². The molecule has 1 N–H and O–H groups in total. The van der Waals surface area contributed by atoms with Crippen LogP contribution in [0, 0.1) is 0 Å². The first-order valence-corrected chi connectivity index (χ1v) is 7.35. The van der Waals surface area contributed by atoms with E-state index >= 15 is 0 Å². The lowest BCUT2D eigenvalue weighted by Gasteiger charge is -2.13. The largest absolute Gasteiger partial charge is 0.494 e. The normalized spacial score (nSPS) is 12.2. The van der Waals surface area contributed by atoms with Gasteiger partial charge in [0.05, 0.1) is 6.61 Å². The molecule has 0 spiro atoms. The lowest BCUT2D eigenvalue weighted by molar-refractivity contribution is 0.301. The van der Waals surface area contributed by atoms with Crippen LogP contribution in [0.25, 0.3) is 0 Å². The Morgan fingerprint density at radius 2 is 1.53 bits per heavy atom. The molecule has 0 aromatic heterocycles. The van der Waals surface area contributed by atoms with E-state index in [2.05, 4.69) is 26.1 Å². The van der Waals surface area contributed by atoms with E-state index in [0.717, 1.165) is 31.1 Å². The molecule has 0 saturated carbocycles. The minimum absolute atomic E-state index is 0.568. The summed E-state index contributed by atoms with van der Waals surface area (Å²) < 4.78 is 11.2. The number of nitrogens with one attached hydrogen (secondary N) is 1. The van der Waals surface area contributed by atoms with Gasteiger partial charge in [0.2, 0.25) is 0 Å². The van der Waals surface area contributed by atoms with Crippen LogP contribution in [0.5, 0.6) is 11.5 Å². The Morgan fingerprint density at radius 3 is 2.05 bits per heavy atom. The van der Waals surface area contributed by atoms with Crippen LogP contribution >= 0.6 is 0 Å². The first kappa shape index (κ1) is 15.8. The van der Waals surface area contributed by atoms with Gasteiger partial charge in [0, 0.05) is 12.6 Å². The van der Waals surface area contributed by atoms with Gasteiger partial charge in [-0.2, -0.15) is 0 Å². The van der Waals surface area contributed by atoms with Gasteiger partial charge in [-0.05, 0) is 44.0 Å². The Morgan fingerprint density at radius 1 is 0.947 bits per heavy atom. The van der Waals surface area contributed by atoms with Crippen LogP contribution < -0.4 is 14.8 Å². The van der Waals surface area contributed by atoms with E-state index < -0.39 is 0 Å². The van der Waals surface area contributed by atoms with Gasteiger partial charge in [0.1, 0.15) is 18.1 Å². The molecule has 1 rings (SSSR count). The van der Waals surface area contributed by atoms with Crippen molar-refractivity contribution in [2.75, 3.05) is 19.8 Å². The highest BCUT2D eigenvalue weighted by Crippen LogP contribution is 2.17. The summed E-state index contributed by atoms with van der Waals surface area (Å²) in [5.41, 5.74) is 0. The molecule has 0 radical (unpaired) electrons. The SMILES string of the molecule is CCCOc1ccc(OCCNC(C)CCC)cc1. The van der Waals surface area contributed by atoms with Crippen molar-refractivity contribution in [2.24, 2.45) is 0 Å². The van der Waals surface area contributed by atoms with Gasteiger partial charge < -0.3 is 14.8 Å². The van der Waals surface area contributed by atoms with E-state index in [0.29, 0.717) is 12.6 Å². The molecule has 0 aliphatic carbocycles. The van der Waals surface area contributed by atoms with Gasteiger partial charge in [-0.3, -0.25) is 0 Å². The van der Waals surface area contributed by atoms with Crippen LogP contribution in [-0.2, 0) is 0 Å². The molecular weight excluding hydrogens is 238 g/mol. The molecule has 3 nitrogen and oxygen atoms in total. The molecule has 19 heavy (non-hydrogen) atoms. The van der Waals surface area contributed by atoms with Crippen molar-refractivity contribution in [3.8, 4) is 11.5 Å². The maximum absolute atomic E-state index is 5.68. The summed E-state index contributed by atoms with van der Waals surface area (Å²) in [7, 11) is 0. The molecular formula is C16H27NO2. The summed E-state index contributed by atoms with van der Waals surface area (Å²) in [6.45, 7) is 8.86. The molecule has 3 heteroatoms. The van der Waals surface area contributed by atoms with Gasteiger partial charge >= 0.3 is 0 Å². The maximum atomic E-state index is 5.68. The molecule has 1 aromatic carbocycles. The lowest BCUT2D eigenvalue weighted by atomic mass is 10.2. The standard InChI is InChI=1S/C16H27NO2/c1-4-6-14(3)17-11-13-19-16-9-7-15(8-10-16)18-12-5-2/h7-10,14,17H,4-6,11-13H2,1-3H3. The quantitative estimate of drug-likeness (QED) is 0.655. The Bertz CT molecular complexity index is 324. The van der Waals surface area contributed by atoms with Crippen molar-refractivity contribution < 1.29 is 9.47 Å². The van der Waals surface area contributed by atoms with Gasteiger partial charge in [-0.25, -0.2) is 0 Å². The predicted octanol–water partition coefficient (Wildman–Crippen LogP) is 3.63. The van der Waals surface area contributed by atoms with Crippen LogP contribution in [0.2, 0.25) is 0 Å². The first-order valence-electron chi connectivity index (χ1n) is 7.35. The van der Waals surface area contributed by atoms with Crippen molar-refractivity contribution in [3.05, 3.63) is 24.3 Å². The van der Waals surface area contributed by atoms with Gasteiger partial charge in [0.15, 0.2) is 0 Å². The predicted molar refractivity (Wildman–Crippen MR) is 80.1 cm³/mol. The average Bonchev–Trinajstić information content (AvgIpc) is 2.43. The highest BCUT2D eigenvalue weighted by molar-refractivity contribution is 5.31. The van der Waals surface area contributed by atoms with Crippen molar-refractivity contribution in [3.63, 3.8) is 0 Å². The third-order valence-electron chi connectivity index (χ3n) is 2.88. The average molecular weight is 265 g/mol. The van der Waals surface area contributed by atoms with Crippen molar-refractivity contribution >= 4 is 0 Å². The molecule has 0 aliphatic heterocycles. The van der Waals surface area contributed by atoms with Crippen molar-refractivity contribution in [1.29, 1.82) is 0 Å². The van der Waals surface area contributed by atoms with E-state index in [1.165, 1.54) is 12.8 Å². The summed E-state index contributed by atoms with van der Waals surface area (Å²) in [6.07, 6.45) is 3.46. The fraction of sp³-hybridized carbons (Fsp3) is 0.625. The Hall–Kier alpha value is -1.22. The smallest absolute Gasteiger partial charge is 0.119 e. The monoisotopic (exact) mass is 265 g/mol. The summed E-state index contributed by atoms with van der Waals surface area (Å²) in [4.78, 5) is 0. The van der Waals surface area contributed by atoms with E-state index in [-0.39, 0.29) is 0 Å². The van der Waals surface area contributed by atoms with E-state index in [4.69, 9.17) is 9.47 Å². The number of benzene rings is 1. The molecule has 0 amide bonds. The second-order valence-corrected chi connectivity index (χ2v) is 4.81. The van der Waals surface area contributed by atoms with Crippen LogP contribution in [0.4, 0.5) is 0 Å². The zero-order valence-corrected chi connectivity index (χ0v) is 12.4. The van der Waals surface area contributed by atoms with Crippen molar-refractivity contribution in [1.82, 2.24) is 5.32 Å². The molecule has 1 aromatic rings. The highest BCUT2D eigenvalue weighted by Gasteiger charge is 1.99. The number of ether oxygens (including phenoxy) is 2. The summed E-state index contributed by atoms with van der Waals surface area (Å²) in [6, 6.07) is 8.40. The topological polar surface area (TPSA) is 30.5 Å². The second kappa shape index (κ2) is 9.68. The molecule has 1 unspecified atom stereocenters. The van der Waals surface area contributed by atoms with E-state index in [1.807, 2.05) is 24.3 Å². The van der Waals surface area contributed by atoms with Crippen LogP contribution in [0.3, 0.4) is 0 Å². The van der Waals surface area contributed by atoms with Crippen LogP contribution in [0.1, 0.15) is 40.0 Å². The van der Waals surface area contributed by atoms with E-state index in [9.17, 15) is 0 Å². The minimum atomic E-state index is 0.568. The zero-order chi connectivity index (χ0) is 13.9. The minimum Gasteiger partial charge on any atom is -0.494 e.